The molecule has 160 valence electrons. The zero-order valence-electron chi connectivity index (χ0n) is 14.0. The third-order valence-electron chi connectivity index (χ3n) is 2.59. The topological polar surface area (TPSA) is 109 Å². The number of halogens is 8. The van der Waals surface area contributed by atoms with Gasteiger partial charge in [-0.3, -0.25) is 0 Å². The number of rotatable bonds is 3. The second-order valence-corrected chi connectivity index (χ2v) is 6.76. The number of nitrogens with two attached hydrogens (primary N) is 3. The van der Waals surface area contributed by atoms with E-state index in [2.05, 4.69) is 46.3 Å². The lowest BCUT2D eigenvalue weighted by Gasteiger charge is -2.11. The molecule has 14 heteroatoms. The molecule has 0 radical (unpaired) electrons. The fourth-order valence-corrected chi connectivity index (χ4v) is 2.39. The van der Waals surface area contributed by atoms with E-state index < -0.39 is 24.2 Å². The monoisotopic (exact) mass is 552 g/mol. The van der Waals surface area contributed by atoms with Crippen molar-refractivity contribution in [3.63, 3.8) is 0 Å². The van der Waals surface area contributed by atoms with Gasteiger partial charge in [-0.15, -0.1) is 26.3 Å². The molecule has 0 atom stereocenters. The van der Waals surface area contributed by atoms with Crippen LogP contribution in [0, 0.1) is 0 Å². The molecule has 2 rings (SSSR count). The molecule has 0 aliphatic carbocycles. The molecule has 0 aliphatic heterocycles. The fraction of sp³-hybridized carbons (Fsp3) is 0.133. The Balaban J connectivity index is 0.000000296. The number of ether oxygens (including phenoxy) is 2. The molecule has 2 aromatic rings. The van der Waals surface area contributed by atoms with Gasteiger partial charge in [-0.05, 0) is 36.4 Å². The Morgan fingerprint density at radius 2 is 1.24 bits per heavy atom. The van der Waals surface area contributed by atoms with Gasteiger partial charge in [-0.25, -0.2) is 4.99 Å². The van der Waals surface area contributed by atoms with Crippen LogP contribution >= 0.6 is 31.9 Å². The van der Waals surface area contributed by atoms with Crippen molar-refractivity contribution >= 4 is 49.2 Å². The average molecular weight is 554 g/mol. The van der Waals surface area contributed by atoms with E-state index >= 15 is 0 Å². The van der Waals surface area contributed by atoms with Crippen LogP contribution in [0.1, 0.15) is 0 Å². The van der Waals surface area contributed by atoms with Gasteiger partial charge in [0.1, 0.15) is 5.69 Å². The van der Waals surface area contributed by atoms with E-state index in [-0.39, 0.29) is 17.3 Å². The highest BCUT2D eigenvalue weighted by atomic mass is 79.9. The number of hydrogen-bond acceptors (Lipinski definition) is 4. The van der Waals surface area contributed by atoms with E-state index in [1.807, 2.05) is 0 Å². The van der Waals surface area contributed by atoms with Gasteiger partial charge in [-0.2, -0.15) is 0 Å². The summed E-state index contributed by atoms with van der Waals surface area (Å²) in [5, 5.41) is 0. The summed E-state index contributed by atoms with van der Waals surface area (Å²) in [5.74, 6) is -1.22. The Hall–Kier alpha value is -2.35. The van der Waals surface area contributed by atoms with Gasteiger partial charge in [0, 0.05) is 8.95 Å². The number of nitrogen functional groups attached to an aromatic ring is 1. The molecule has 0 heterocycles. The summed E-state index contributed by atoms with van der Waals surface area (Å²) in [4.78, 5) is 3.52. The lowest BCUT2D eigenvalue weighted by Crippen LogP contribution is -2.22. The highest BCUT2D eigenvalue weighted by Gasteiger charge is 2.32. The molecule has 2 aromatic carbocycles. The maximum Gasteiger partial charge on any atom is 0.573 e. The first kappa shape index (κ1) is 24.7. The largest absolute Gasteiger partial charge is 0.573 e. The Morgan fingerprint density at radius 3 is 1.69 bits per heavy atom. The Bertz CT molecular complexity index is 871. The molecule has 0 spiro atoms. The number of benzene rings is 2. The summed E-state index contributed by atoms with van der Waals surface area (Å²) < 4.78 is 79.8. The van der Waals surface area contributed by atoms with Gasteiger partial charge in [0.15, 0.2) is 17.5 Å². The zero-order chi connectivity index (χ0) is 22.4. The Labute approximate surface area is 176 Å². The van der Waals surface area contributed by atoms with Crippen molar-refractivity contribution in [2.45, 2.75) is 12.7 Å². The molecule has 29 heavy (non-hydrogen) atoms. The lowest BCUT2D eigenvalue weighted by molar-refractivity contribution is -0.275. The van der Waals surface area contributed by atoms with E-state index in [0.29, 0.717) is 8.95 Å². The van der Waals surface area contributed by atoms with Gasteiger partial charge >= 0.3 is 12.7 Å². The maximum absolute atomic E-state index is 12.0. The Morgan fingerprint density at radius 1 is 0.793 bits per heavy atom. The van der Waals surface area contributed by atoms with E-state index in [1.54, 1.807) is 0 Å². The van der Waals surface area contributed by atoms with Crippen LogP contribution in [0.25, 0.3) is 0 Å². The second kappa shape index (κ2) is 9.91. The molecule has 0 saturated heterocycles. The third kappa shape index (κ3) is 10.1. The molecule has 0 amide bonds. The summed E-state index contributed by atoms with van der Waals surface area (Å²) in [5.41, 5.74) is 15.3. The second-order valence-electron chi connectivity index (χ2n) is 4.93. The first-order valence-electron chi connectivity index (χ1n) is 7.12. The normalized spacial score (nSPS) is 11.2. The third-order valence-corrected chi connectivity index (χ3v) is 3.58. The summed E-state index contributed by atoms with van der Waals surface area (Å²) in [6.45, 7) is 0. The molecule has 0 aromatic heterocycles. The van der Waals surface area contributed by atoms with Gasteiger partial charge < -0.3 is 26.7 Å². The van der Waals surface area contributed by atoms with Crippen LogP contribution in [0.4, 0.5) is 37.7 Å². The van der Waals surface area contributed by atoms with Gasteiger partial charge in [0.25, 0.3) is 0 Å². The van der Waals surface area contributed by atoms with Crippen molar-refractivity contribution in [2.24, 2.45) is 16.5 Å². The molecule has 0 unspecified atom stereocenters. The number of alkyl halides is 6. The number of anilines is 1. The SMILES string of the molecule is NC(N)=Nc1cc(Br)ccc1OC(F)(F)F.Nc1cc(Br)ccc1OC(F)(F)F. The van der Waals surface area contributed by atoms with Crippen LogP contribution in [0.2, 0.25) is 0 Å². The summed E-state index contributed by atoms with van der Waals surface area (Å²) >= 11 is 6.14. The van der Waals surface area contributed by atoms with Crippen molar-refractivity contribution in [3.8, 4) is 11.5 Å². The summed E-state index contributed by atoms with van der Waals surface area (Å²) in [7, 11) is 0. The maximum atomic E-state index is 12.0. The van der Waals surface area contributed by atoms with Gasteiger partial charge in [-0.1, -0.05) is 31.9 Å². The molecule has 0 bridgehead atoms. The van der Waals surface area contributed by atoms with Crippen LogP contribution in [-0.4, -0.2) is 18.7 Å². The molecule has 0 aliphatic rings. The van der Waals surface area contributed by atoms with Crippen molar-refractivity contribution < 1.29 is 35.8 Å². The first-order valence-corrected chi connectivity index (χ1v) is 8.70. The van der Waals surface area contributed by atoms with Crippen LogP contribution < -0.4 is 26.7 Å². The molecule has 0 fully saturated rings. The summed E-state index contributed by atoms with van der Waals surface area (Å²) in [6, 6.07) is 7.69. The quantitative estimate of drug-likeness (QED) is 0.210. The first-order chi connectivity index (χ1) is 13.2. The van der Waals surface area contributed by atoms with E-state index in [0.717, 1.165) is 12.1 Å². The Kier molecular flexibility index (Phi) is 8.44. The van der Waals surface area contributed by atoms with E-state index in [9.17, 15) is 26.3 Å². The highest BCUT2D eigenvalue weighted by Crippen LogP contribution is 2.34. The van der Waals surface area contributed by atoms with Gasteiger partial charge in [0.2, 0.25) is 0 Å². The predicted molar refractivity (Wildman–Crippen MR) is 102 cm³/mol. The van der Waals surface area contributed by atoms with Crippen molar-refractivity contribution in [1.29, 1.82) is 0 Å². The highest BCUT2D eigenvalue weighted by molar-refractivity contribution is 9.10. The minimum Gasteiger partial charge on any atom is -0.404 e. The van der Waals surface area contributed by atoms with Crippen molar-refractivity contribution in [3.05, 3.63) is 45.3 Å². The van der Waals surface area contributed by atoms with Crippen molar-refractivity contribution in [2.75, 3.05) is 5.73 Å². The lowest BCUT2D eigenvalue weighted by atomic mass is 10.3. The molecular weight excluding hydrogens is 542 g/mol. The zero-order valence-corrected chi connectivity index (χ0v) is 17.2. The molecule has 6 N–H and O–H groups in total. The molecule has 6 nitrogen and oxygen atoms in total. The van der Waals surface area contributed by atoms with E-state index in [4.69, 9.17) is 17.2 Å². The van der Waals surface area contributed by atoms with Crippen molar-refractivity contribution in [1.82, 2.24) is 0 Å². The number of guanidine groups is 1. The van der Waals surface area contributed by atoms with E-state index in [1.165, 1.54) is 24.3 Å². The van der Waals surface area contributed by atoms with Gasteiger partial charge in [0.05, 0.1) is 5.69 Å². The summed E-state index contributed by atoms with van der Waals surface area (Å²) in [6.07, 6.45) is -9.50. The number of hydrogen-bond donors (Lipinski definition) is 3. The molecular formula is C15H12Br2F6N4O2. The van der Waals surface area contributed by atoms with Crippen LogP contribution in [0.3, 0.4) is 0 Å². The van der Waals surface area contributed by atoms with Crippen LogP contribution in [0.15, 0.2) is 50.3 Å². The fourth-order valence-electron chi connectivity index (χ4n) is 1.66. The average Bonchev–Trinajstić information content (AvgIpc) is 2.51. The van der Waals surface area contributed by atoms with Crippen LogP contribution in [-0.2, 0) is 0 Å². The molecule has 0 saturated carbocycles. The number of nitrogens with zero attached hydrogens (tertiary/aromatic N) is 1. The minimum atomic E-state index is -4.79. The predicted octanol–water partition coefficient (Wildman–Crippen LogP) is 5.18. The van der Waals surface area contributed by atoms with Crippen LogP contribution in [0.5, 0.6) is 11.5 Å². The smallest absolute Gasteiger partial charge is 0.404 e. The standard InChI is InChI=1S/C8H7BrF3N3O.C7H5BrF3NO/c9-4-1-2-6(16-8(10,11)12)5(3-4)15-7(13)14;8-4-1-2-6(5(12)3-4)13-7(9,10)11/h1-3H,(H4,13,14,15);1-3H,12H2. The number of aliphatic imine (C=N–C) groups is 1. The minimum absolute atomic E-state index is 0.0632.